The van der Waals surface area contributed by atoms with Crippen LogP contribution in [0.4, 0.5) is 0 Å². The monoisotopic (exact) mass is 379 g/mol. The molecule has 1 aromatic heterocycles. The van der Waals surface area contributed by atoms with E-state index >= 15 is 0 Å². The van der Waals surface area contributed by atoms with Crippen LogP contribution in [-0.4, -0.2) is 32.3 Å². The Kier molecular flexibility index (Phi) is 5.09. The van der Waals surface area contributed by atoms with Crippen molar-refractivity contribution in [3.63, 3.8) is 0 Å². The molecule has 0 amide bonds. The second kappa shape index (κ2) is 7.68. The SMILES string of the molecule is COC(=O)c1oc2ccc(-c3ccccc3C)c(OC3CCNCC3)c2c1C. The minimum absolute atomic E-state index is 0.130. The Morgan fingerprint density at radius 1 is 1.07 bits per heavy atom. The van der Waals surface area contributed by atoms with Crippen LogP contribution in [0.25, 0.3) is 22.1 Å². The molecule has 5 heteroatoms. The van der Waals surface area contributed by atoms with Gasteiger partial charge in [-0.25, -0.2) is 4.79 Å². The zero-order valence-corrected chi connectivity index (χ0v) is 16.5. The highest BCUT2D eigenvalue weighted by molar-refractivity contribution is 6.01. The van der Waals surface area contributed by atoms with Crippen molar-refractivity contribution >= 4 is 16.9 Å². The zero-order chi connectivity index (χ0) is 19.7. The third-order valence-electron chi connectivity index (χ3n) is 5.42. The maximum Gasteiger partial charge on any atom is 0.374 e. The lowest BCUT2D eigenvalue weighted by atomic mass is 9.96. The second-order valence-corrected chi connectivity index (χ2v) is 7.25. The fourth-order valence-corrected chi connectivity index (χ4v) is 3.88. The lowest BCUT2D eigenvalue weighted by Gasteiger charge is -2.26. The standard InChI is InChI=1S/C23H25NO4/c1-14-6-4-5-7-17(14)18-8-9-19-20(15(2)21(28-19)23(25)26-3)22(18)27-16-10-12-24-13-11-16/h4-9,16,24H,10-13H2,1-3H3. The number of hydrogen-bond acceptors (Lipinski definition) is 5. The Labute approximate surface area is 164 Å². The first-order chi connectivity index (χ1) is 13.6. The summed E-state index contributed by atoms with van der Waals surface area (Å²) in [6.07, 6.45) is 2.03. The van der Waals surface area contributed by atoms with E-state index in [9.17, 15) is 4.79 Å². The average molecular weight is 379 g/mol. The van der Waals surface area contributed by atoms with Crippen LogP contribution >= 0.6 is 0 Å². The van der Waals surface area contributed by atoms with Crippen molar-refractivity contribution in [2.45, 2.75) is 32.8 Å². The summed E-state index contributed by atoms with van der Waals surface area (Å²) in [5.74, 6) is 0.545. The fraction of sp³-hybridized carbons (Fsp3) is 0.348. The summed E-state index contributed by atoms with van der Waals surface area (Å²) in [6.45, 7) is 5.86. The molecule has 0 saturated carbocycles. The van der Waals surface area contributed by atoms with Gasteiger partial charge in [0.2, 0.25) is 5.76 Å². The number of carbonyl (C=O) groups excluding carboxylic acids is 1. The number of benzene rings is 2. The van der Waals surface area contributed by atoms with Gasteiger partial charge in [-0.15, -0.1) is 0 Å². The van der Waals surface area contributed by atoms with Crippen molar-refractivity contribution in [1.82, 2.24) is 5.32 Å². The third-order valence-corrected chi connectivity index (χ3v) is 5.42. The van der Waals surface area contributed by atoms with Crippen LogP contribution in [0.1, 0.15) is 34.5 Å². The van der Waals surface area contributed by atoms with Gasteiger partial charge in [-0.3, -0.25) is 0 Å². The molecular formula is C23H25NO4. The zero-order valence-electron chi connectivity index (χ0n) is 16.5. The first kappa shape index (κ1) is 18.6. The van der Waals surface area contributed by atoms with E-state index in [1.54, 1.807) is 0 Å². The van der Waals surface area contributed by atoms with E-state index in [1.165, 1.54) is 12.7 Å². The lowest BCUT2D eigenvalue weighted by molar-refractivity contribution is 0.0566. The van der Waals surface area contributed by atoms with Gasteiger partial charge < -0.3 is 19.2 Å². The van der Waals surface area contributed by atoms with Crippen LogP contribution in [0, 0.1) is 13.8 Å². The molecule has 1 fully saturated rings. The van der Waals surface area contributed by atoms with Gasteiger partial charge in [0, 0.05) is 11.1 Å². The molecule has 1 saturated heterocycles. The number of hydrogen-bond donors (Lipinski definition) is 1. The summed E-state index contributed by atoms with van der Waals surface area (Å²) in [6, 6.07) is 12.2. The van der Waals surface area contributed by atoms with Gasteiger partial charge in [0.1, 0.15) is 17.4 Å². The Bertz CT molecular complexity index is 1010. The molecule has 0 atom stereocenters. The Balaban J connectivity index is 1.92. The Hall–Kier alpha value is -2.79. The summed E-state index contributed by atoms with van der Waals surface area (Å²) in [5, 5.41) is 4.22. The van der Waals surface area contributed by atoms with Crippen molar-refractivity contribution in [2.75, 3.05) is 20.2 Å². The molecule has 2 aromatic carbocycles. The number of furan rings is 1. The maximum atomic E-state index is 12.1. The number of methoxy groups -OCH3 is 1. The molecule has 2 heterocycles. The van der Waals surface area contributed by atoms with E-state index in [0.29, 0.717) is 5.58 Å². The number of ether oxygens (including phenoxy) is 2. The van der Waals surface area contributed by atoms with Crippen molar-refractivity contribution in [3.8, 4) is 16.9 Å². The van der Waals surface area contributed by atoms with Crippen molar-refractivity contribution in [3.05, 3.63) is 53.3 Å². The van der Waals surface area contributed by atoms with Gasteiger partial charge in [0.25, 0.3) is 0 Å². The van der Waals surface area contributed by atoms with Gasteiger partial charge in [-0.05, 0) is 63.0 Å². The normalized spacial score (nSPS) is 15.0. The minimum atomic E-state index is -0.473. The molecule has 0 spiro atoms. The predicted octanol–water partition coefficient (Wildman–Crippen LogP) is 4.63. The van der Waals surface area contributed by atoms with E-state index in [4.69, 9.17) is 13.9 Å². The van der Waals surface area contributed by atoms with Crippen molar-refractivity contribution < 1.29 is 18.7 Å². The number of fused-ring (bicyclic) bond motifs is 1. The topological polar surface area (TPSA) is 60.7 Å². The summed E-state index contributed by atoms with van der Waals surface area (Å²) in [7, 11) is 1.36. The van der Waals surface area contributed by atoms with Crippen LogP contribution in [0.2, 0.25) is 0 Å². The Morgan fingerprint density at radius 2 is 1.82 bits per heavy atom. The highest BCUT2D eigenvalue weighted by Gasteiger charge is 2.25. The van der Waals surface area contributed by atoms with Gasteiger partial charge in [0.05, 0.1) is 12.5 Å². The molecular weight excluding hydrogens is 354 g/mol. The largest absolute Gasteiger partial charge is 0.489 e. The van der Waals surface area contributed by atoms with Gasteiger partial charge in [0.15, 0.2) is 0 Å². The summed E-state index contributed by atoms with van der Waals surface area (Å²) < 4.78 is 17.3. The van der Waals surface area contributed by atoms with E-state index in [1.807, 2.05) is 31.2 Å². The molecule has 0 unspecified atom stereocenters. The highest BCUT2D eigenvalue weighted by atomic mass is 16.5. The number of rotatable bonds is 4. The second-order valence-electron chi connectivity index (χ2n) is 7.25. The number of nitrogens with one attached hydrogen (secondary N) is 1. The quantitative estimate of drug-likeness (QED) is 0.670. The van der Waals surface area contributed by atoms with Crippen molar-refractivity contribution in [2.24, 2.45) is 0 Å². The predicted molar refractivity (Wildman–Crippen MR) is 109 cm³/mol. The first-order valence-corrected chi connectivity index (χ1v) is 9.68. The summed E-state index contributed by atoms with van der Waals surface area (Å²) in [5.41, 5.74) is 4.70. The summed E-state index contributed by atoms with van der Waals surface area (Å²) >= 11 is 0. The smallest absolute Gasteiger partial charge is 0.374 e. The molecule has 0 aliphatic carbocycles. The highest BCUT2D eigenvalue weighted by Crippen LogP contribution is 2.42. The number of aryl methyl sites for hydroxylation is 2. The molecule has 146 valence electrons. The summed E-state index contributed by atoms with van der Waals surface area (Å²) in [4.78, 5) is 12.1. The van der Waals surface area contributed by atoms with Gasteiger partial charge >= 0.3 is 5.97 Å². The molecule has 5 nitrogen and oxygen atoms in total. The maximum absolute atomic E-state index is 12.1. The van der Waals surface area contributed by atoms with Crippen LogP contribution in [0.5, 0.6) is 5.75 Å². The van der Waals surface area contributed by atoms with E-state index in [2.05, 4.69) is 24.4 Å². The molecule has 3 aromatic rings. The lowest BCUT2D eigenvalue weighted by Crippen LogP contribution is -2.34. The molecule has 28 heavy (non-hydrogen) atoms. The third kappa shape index (κ3) is 3.27. The Morgan fingerprint density at radius 3 is 2.54 bits per heavy atom. The fourth-order valence-electron chi connectivity index (χ4n) is 3.88. The van der Waals surface area contributed by atoms with Gasteiger partial charge in [-0.1, -0.05) is 24.3 Å². The van der Waals surface area contributed by atoms with Crippen LogP contribution in [-0.2, 0) is 4.74 Å². The molecule has 4 rings (SSSR count). The minimum Gasteiger partial charge on any atom is -0.489 e. The number of carbonyl (C=O) groups is 1. The van der Waals surface area contributed by atoms with Crippen LogP contribution < -0.4 is 10.1 Å². The first-order valence-electron chi connectivity index (χ1n) is 9.68. The molecule has 0 bridgehead atoms. The number of esters is 1. The van der Waals surface area contributed by atoms with Crippen molar-refractivity contribution in [1.29, 1.82) is 0 Å². The van der Waals surface area contributed by atoms with E-state index < -0.39 is 5.97 Å². The molecule has 1 N–H and O–H groups in total. The van der Waals surface area contributed by atoms with Crippen LogP contribution in [0.3, 0.4) is 0 Å². The van der Waals surface area contributed by atoms with E-state index in [-0.39, 0.29) is 11.9 Å². The molecule has 1 aliphatic heterocycles. The molecule has 0 radical (unpaired) electrons. The molecule has 1 aliphatic rings. The van der Waals surface area contributed by atoms with Gasteiger partial charge in [-0.2, -0.15) is 0 Å². The van der Waals surface area contributed by atoms with E-state index in [0.717, 1.165) is 53.8 Å². The van der Waals surface area contributed by atoms with Crippen LogP contribution in [0.15, 0.2) is 40.8 Å². The number of piperidine rings is 1. The average Bonchev–Trinajstić information content (AvgIpc) is 3.06.